The summed E-state index contributed by atoms with van der Waals surface area (Å²) in [6.07, 6.45) is 3.17. The van der Waals surface area contributed by atoms with Crippen molar-refractivity contribution in [3.63, 3.8) is 0 Å². The number of thiophene rings is 1. The summed E-state index contributed by atoms with van der Waals surface area (Å²) < 4.78 is 5.25. The Morgan fingerprint density at radius 1 is 1.23 bits per heavy atom. The fourth-order valence-corrected chi connectivity index (χ4v) is 5.69. The number of thioether (sulfide) groups is 1. The molecule has 0 saturated heterocycles. The molecule has 0 unspecified atom stereocenters. The molecule has 0 spiro atoms. The molecule has 164 valence electrons. The number of anilines is 1. The number of fused-ring (bicyclic) bond motifs is 1. The number of ether oxygens (including phenoxy) is 1. The van der Waals surface area contributed by atoms with Crippen molar-refractivity contribution < 1.29 is 14.6 Å². The van der Waals surface area contributed by atoms with Crippen LogP contribution >= 0.6 is 23.1 Å². The van der Waals surface area contributed by atoms with E-state index in [4.69, 9.17) is 14.7 Å². The van der Waals surface area contributed by atoms with Crippen molar-refractivity contribution >= 4 is 45.1 Å². The number of hydrogen-bond acceptors (Lipinski definition) is 8. The van der Waals surface area contributed by atoms with Crippen molar-refractivity contribution in [2.75, 3.05) is 11.9 Å². The third kappa shape index (κ3) is 5.19. The van der Waals surface area contributed by atoms with E-state index >= 15 is 0 Å². The van der Waals surface area contributed by atoms with Crippen LogP contribution in [-0.4, -0.2) is 39.8 Å². The van der Waals surface area contributed by atoms with Crippen LogP contribution < -0.4 is 5.32 Å². The number of nitrogens with zero attached hydrogens (tertiary/aromatic N) is 2. The second-order valence-electron chi connectivity index (χ2n) is 7.70. The highest BCUT2D eigenvalue weighted by atomic mass is 32.2. The maximum Gasteiger partial charge on any atom is 0.348 e. The van der Waals surface area contributed by atoms with Gasteiger partial charge in [-0.15, -0.1) is 23.1 Å². The summed E-state index contributed by atoms with van der Waals surface area (Å²) in [5.74, 6) is 1.84. The number of aryl methyl sites for hydroxylation is 1. The van der Waals surface area contributed by atoms with Gasteiger partial charge in [0.2, 0.25) is 0 Å². The van der Waals surface area contributed by atoms with Crippen molar-refractivity contribution in [1.82, 2.24) is 9.97 Å². The maximum absolute atomic E-state index is 12.5. The van der Waals surface area contributed by atoms with Gasteiger partial charge >= 0.3 is 5.97 Å². The molecule has 1 saturated carbocycles. The largest absolute Gasteiger partial charge is 0.462 e. The minimum atomic E-state index is -0.310. The smallest absolute Gasteiger partial charge is 0.348 e. The van der Waals surface area contributed by atoms with E-state index in [1.165, 1.54) is 11.3 Å². The Kier molecular flexibility index (Phi) is 7.09. The number of hydrogen-bond donors (Lipinski definition) is 2. The van der Waals surface area contributed by atoms with Crippen LogP contribution in [0.4, 0.5) is 5.82 Å². The van der Waals surface area contributed by atoms with Crippen molar-refractivity contribution in [2.45, 2.75) is 62.3 Å². The Bertz CT molecular complexity index is 1050. The molecule has 0 atom stereocenters. The fourth-order valence-electron chi connectivity index (χ4n) is 3.82. The Morgan fingerprint density at radius 2 is 1.97 bits per heavy atom. The molecule has 0 radical (unpaired) electrons. The summed E-state index contributed by atoms with van der Waals surface area (Å²) in [6, 6.07) is 10.4. The van der Waals surface area contributed by atoms with E-state index in [-0.39, 0.29) is 18.1 Å². The van der Waals surface area contributed by atoms with Crippen LogP contribution in [0.25, 0.3) is 10.2 Å². The van der Waals surface area contributed by atoms with E-state index in [2.05, 4.69) is 17.4 Å². The first-order valence-corrected chi connectivity index (χ1v) is 12.4. The molecule has 2 heterocycles. The van der Waals surface area contributed by atoms with Gasteiger partial charge in [0.1, 0.15) is 21.3 Å². The van der Waals surface area contributed by atoms with Crippen LogP contribution in [0.5, 0.6) is 0 Å². The Labute approximate surface area is 190 Å². The summed E-state index contributed by atoms with van der Waals surface area (Å²) in [6.45, 7) is 4.08. The van der Waals surface area contributed by atoms with Gasteiger partial charge < -0.3 is 15.2 Å². The van der Waals surface area contributed by atoms with Gasteiger partial charge in [-0.2, -0.15) is 0 Å². The van der Waals surface area contributed by atoms with E-state index in [0.29, 0.717) is 17.2 Å². The topological polar surface area (TPSA) is 84.3 Å². The SMILES string of the molecule is CCOC(=O)c1sc2nc(CSc3ccccc3)nc(NC3CCC(O)CC3)c2c1C. The summed E-state index contributed by atoms with van der Waals surface area (Å²) in [4.78, 5) is 24.6. The lowest BCUT2D eigenvalue weighted by atomic mass is 9.93. The highest BCUT2D eigenvalue weighted by Crippen LogP contribution is 2.36. The average molecular weight is 458 g/mol. The molecule has 0 bridgehead atoms. The number of nitrogens with one attached hydrogen (secondary N) is 1. The lowest BCUT2D eigenvalue weighted by Crippen LogP contribution is -2.28. The minimum Gasteiger partial charge on any atom is -0.462 e. The molecule has 6 nitrogen and oxygen atoms in total. The number of esters is 1. The van der Waals surface area contributed by atoms with Crippen LogP contribution in [0.2, 0.25) is 0 Å². The van der Waals surface area contributed by atoms with Crippen molar-refractivity contribution in [2.24, 2.45) is 0 Å². The summed E-state index contributed by atoms with van der Waals surface area (Å²) in [5.41, 5.74) is 0.860. The maximum atomic E-state index is 12.5. The summed E-state index contributed by atoms with van der Waals surface area (Å²) >= 11 is 3.06. The quantitative estimate of drug-likeness (QED) is 0.373. The zero-order chi connectivity index (χ0) is 21.8. The zero-order valence-corrected chi connectivity index (χ0v) is 19.4. The first-order chi connectivity index (χ1) is 15.0. The predicted molar refractivity (Wildman–Crippen MR) is 126 cm³/mol. The van der Waals surface area contributed by atoms with Crippen molar-refractivity contribution in [3.8, 4) is 0 Å². The van der Waals surface area contributed by atoms with Gasteiger partial charge in [0, 0.05) is 10.9 Å². The lowest BCUT2D eigenvalue weighted by Gasteiger charge is -2.27. The summed E-state index contributed by atoms with van der Waals surface area (Å²) in [5, 5.41) is 14.3. The number of carbonyl (C=O) groups excluding carboxylic acids is 1. The molecule has 1 aromatic carbocycles. The van der Waals surface area contributed by atoms with Crippen LogP contribution in [-0.2, 0) is 10.5 Å². The number of aromatic nitrogens is 2. The van der Waals surface area contributed by atoms with E-state index in [1.807, 2.05) is 32.0 Å². The molecule has 0 aliphatic heterocycles. The highest BCUT2D eigenvalue weighted by molar-refractivity contribution is 7.98. The van der Waals surface area contributed by atoms with E-state index in [0.717, 1.165) is 58.0 Å². The fraction of sp³-hybridized carbons (Fsp3) is 0.435. The van der Waals surface area contributed by atoms with Crippen molar-refractivity contribution in [1.29, 1.82) is 0 Å². The second-order valence-corrected chi connectivity index (χ2v) is 9.74. The minimum absolute atomic E-state index is 0.209. The van der Waals surface area contributed by atoms with E-state index in [9.17, 15) is 9.90 Å². The van der Waals surface area contributed by atoms with Gasteiger partial charge in [0.05, 0.1) is 23.8 Å². The average Bonchev–Trinajstić information content (AvgIpc) is 3.11. The number of aliphatic hydroxyl groups excluding tert-OH is 1. The van der Waals surface area contributed by atoms with Crippen LogP contribution in [0.3, 0.4) is 0 Å². The zero-order valence-electron chi connectivity index (χ0n) is 17.8. The Balaban J connectivity index is 1.67. The molecule has 4 rings (SSSR count). The van der Waals surface area contributed by atoms with E-state index < -0.39 is 0 Å². The van der Waals surface area contributed by atoms with Gasteiger partial charge in [-0.05, 0) is 57.2 Å². The summed E-state index contributed by atoms with van der Waals surface area (Å²) in [7, 11) is 0. The first kappa shape index (κ1) is 22.0. The second kappa shape index (κ2) is 9.97. The molecule has 2 aromatic heterocycles. The number of aliphatic hydroxyl groups is 1. The molecule has 0 amide bonds. The predicted octanol–water partition coefficient (Wildman–Crippen LogP) is 5.18. The molecule has 1 aliphatic rings. The van der Waals surface area contributed by atoms with Gasteiger partial charge in [-0.25, -0.2) is 14.8 Å². The molecule has 31 heavy (non-hydrogen) atoms. The third-order valence-corrected chi connectivity index (χ3v) is 7.62. The highest BCUT2D eigenvalue weighted by Gasteiger charge is 2.24. The monoisotopic (exact) mass is 457 g/mol. The van der Waals surface area contributed by atoms with Crippen LogP contribution in [0.15, 0.2) is 35.2 Å². The molecule has 8 heteroatoms. The third-order valence-electron chi connectivity index (χ3n) is 5.45. The van der Waals surface area contributed by atoms with Crippen LogP contribution in [0, 0.1) is 6.92 Å². The molecule has 1 aliphatic carbocycles. The lowest BCUT2D eigenvalue weighted by molar-refractivity contribution is 0.0531. The van der Waals surface area contributed by atoms with Crippen LogP contribution in [0.1, 0.15) is 53.7 Å². The number of benzene rings is 1. The normalized spacial score (nSPS) is 18.8. The standard InChI is InChI=1S/C23H27N3O3S2/c1-3-29-23(28)20-14(2)19-21(24-15-9-11-16(27)12-10-15)25-18(26-22(19)31-20)13-30-17-7-5-4-6-8-17/h4-8,15-16,27H,3,9-13H2,1-2H3,(H,24,25,26). The van der Waals surface area contributed by atoms with E-state index in [1.54, 1.807) is 11.8 Å². The van der Waals surface area contributed by atoms with Crippen molar-refractivity contribution in [3.05, 3.63) is 46.6 Å². The Hall–Kier alpha value is -2.16. The van der Waals surface area contributed by atoms with Gasteiger partial charge in [-0.1, -0.05) is 18.2 Å². The number of carbonyl (C=O) groups is 1. The molecule has 1 fully saturated rings. The molecular weight excluding hydrogens is 430 g/mol. The molecular formula is C23H27N3O3S2. The van der Waals surface area contributed by atoms with Gasteiger partial charge in [-0.3, -0.25) is 0 Å². The number of rotatable bonds is 7. The first-order valence-electron chi connectivity index (χ1n) is 10.6. The van der Waals surface area contributed by atoms with Gasteiger partial charge in [0.25, 0.3) is 0 Å². The Morgan fingerprint density at radius 3 is 2.68 bits per heavy atom. The van der Waals surface area contributed by atoms with Gasteiger partial charge in [0.15, 0.2) is 0 Å². The molecule has 2 N–H and O–H groups in total. The molecule has 3 aromatic rings.